The SMILES string of the molecule is CCc1cc(C(N)=O)c2nccc(N3CCc4c(cc(Cn5ccnc5C)cc4-c4cn(C)nc4C(F)(F)F)C3=O)c2c1. The number of hydrogen-bond acceptors (Lipinski definition) is 5. The Hall–Kier alpha value is -5.00. The van der Waals surface area contributed by atoms with Crippen molar-refractivity contribution in [3.63, 3.8) is 0 Å². The number of imidazole rings is 1. The van der Waals surface area contributed by atoms with E-state index in [1.54, 1.807) is 41.6 Å². The van der Waals surface area contributed by atoms with Crippen LogP contribution in [0, 0.1) is 6.92 Å². The predicted molar refractivity (Wildman–Crippen MR) is 155 cm³/mol. The fraction of sp³-hybridized carbons (Fsp3) is 0.258. The first-order valence-electron chi connectivity index (χ1n) is 13.7. The summed E-state index contributed by atoms with van der Waals surface area (Å²) in [7, 11) is 1.44. The number of aromatic nitrogens is 5. The molecule has 9 nitrogen and oxygen atoms in total. The van der Waals surface area contributed by atoms with Crippen LogP contribution >= 0.6 is 0 Å². The lowest BCUT2D eigenvalue weighted by molar-refractivity contribution is -0.141. The van der Waals surface area contributed by atoms with Crippen LogP contribution in [-0.2, 0) is 32.6 Å². The standard InChI is InChI=1S/C31H28F3N7O2/c1-4-18-11-23-26(5-7-37-27(23)24(12-18)29(35)42)41-9-6-20-21(25-16-39(3)38-28(25)31(32,33)34)13-19(14-22(20)30(41)43)15-40-10-8-36-17(40)2/h5,7-8,10-14,16H,4,6,9,15H2,1-3H3,(H2,35,42). The highest BCUT2D eigenvalue weighted by atomic mass is 19.4. The summed E-state index contributed by atoms with van der Waals surface area (Å²) in [5, 5.41) is 4.32. The Labute approximate surface area is 244 Å². The fourth-order valence-corrected chi connectivity index (χ4v) is 5.81. The molecule has 0 atom stereocenters. The lowest BCUT2D eigenvalue weighted by Gasteiger charge is -2.31. The zero-order valence-electron chi connectivity index (χ0n) is 23.7. The number of carbonyl (C=O) groups is 2. The number of primary amides is 1. The molecule has 3 aromatic heterocycles. The molecule has 2 amide bonds. The van der Waals surface area contributed by atoms with Crippen LogP contribution in [0.15, 0.2) is 55.1 Å². The number of halogens is 3. The summed E-state index contributed by atoms with van der Waals surface area (Å²) >= 11 is 0. The van der Waals surface area contributed by atoms with Gasteiger partial charge in [0, 0.05) is 61.4 Å². The number of benzene rings is 2. The van der Waals surface area contributed by atoms with Crippen LogP contribution in [0.25, 0.3) is 22.0 Å². The van der Waals surface area contributed by atoms with Crippen LogP contribution in [0.4, 0.5) is 18.9 Å². The summed E-state index contributed by atoms with van der Waals surface area (Å²) in [4.78, 5) is 36.8. The quantitative estimate of drug-likeness (QED) is 0.298. The maximum Gasteiger partial charge on any atom is 0.435 e. The van der Waals surface area contributed by atoms with Crippen LogP contribution in [0.1, 0.15) is 55.8 Å². The van der Waals surface area contributed by atoms with Crippen LogP contribution in [0.3, 0.4) is 0 Å². The maximum absolute atomic E-state index is 14.3. The van der Waals surface area contributed by atoms with Crippen LogP contribution in [0.5, 0.6) is 0 Å². The Kier molecular flexibility index (Phi) is 6.79. The van der Waals surface area contributed by atoms with E-state index in [-0.39, 0.29) is 23.6 Å². The van der Waals surface area contributed by atoms with Gasteiger partial charge in [-0.15, -0.1) is 0 Å². The van der Waals surface area contributed by atoms with Crippen molar-refractivity contribution in [2.75, 3.05) is 11.4 Å². The first-order valence-corrected chi connectivity index (χ1v) is 13.7. The van der Waals surface area contributed by atoms with Crippen molar-refractivity contribution in [3.05, 3.63) is 94.5 Å². The van der Waals surface area contributed by atoms with Gasteiger partial charge >= 0.3 is 6.18 Å². The number of nitrogens with zero attached hydrogens (tertiary/aromatic N) is 6. The van der Waals surface area contributed by atoms with E-state index in [1.165, 1.54) is 19.4 Å². The minimum Gasteiger partial charge on any atom is -0.366 e. The summed E-state index contributed by atoms with van der Waals surface area (Å²) < 4.78 is 45.3. The third-order valence-electron chi connectivity index (χ3n) is 7.88. The molecule has 0 aliphatic carbocycles. The van der Waals surface area contributed by atoms with Gasteiger partial charge in [-0.05, 0) is 72.4 Å². The number of aryl methyl sites for hydroxylation is 3. The number of amides is 2. The zero-order chi connectivity index (χ0) is 30.6. The maximum atomic E-state index is 14.3. The van der Waals surface area contributed by atoms with Gasteiger partial charge in [0.1, 0.15) is 5.82 Å². The third-order valence-corrected chi connectivity index (χ3v) is 7.88. The monoisotopic (exact) mass is 587 g/mol. The molecule has 0 spiro atoms. The number of carbonyl (C=O) groups excluding carboxylic acids is 2. The molecule has 0 radical (unpaired) electrons. The van der Waals surface area contributed by atoms with Gasteiger partial charge in [-0.2, -0.15) is 18.3 Å². The largest absolute Gasteiger partial charge is 0.435 e. The topological polar surface area (TPSA) is 112 Å². The molecule has 2 N–H and O–H groups in total. The molecule has 4 heterocycles. The first kappa shape index (κ1) is 28.1. The summed E-state index contributed by atoms with van der Waals surface area (Å²) in [6.45, 7) is 4.29. The molecule has 2 aromatic carbocycles. The number of nitrogens with two attached hydrogens (primary N) is 1. The van der Waals surface area contributed by atoms with Gasteiger partial charge in [0.15, 0.2) is 5.69 Å². The normalized spacial score (nSPS) is 13.5. The average Bonchev–Trinajstić information content (AvgIpc) is 3.57. The van der Waals surface area contributed by atoms with E-state index in [4.69, 9.17) is 5.73 Å². The van der Waals surface area contributed by atoms with E-state index in [9.17, 15) is 22.8 Å². The van der Waals surface area contributed by atoms with Crippen molar-refractivity contribution >= 4 is 28.4 Å². The van der Waals surface area contributed by atoms with E-state index < -0.39 is 17.8 Å². The highest BCUT2D eigenvalue weighted by Crippen LogP contribution is 2.41. The molecule has 6 rings (SSSR count). The number of anilines is 1. The summed E-state index contributed by atoms with van der Waals surface area (Å²) in [5.74, 6) is -0.259. The zero-order valence-corrected chi connectivity index (χ0v) is 23.7. The smallest absolute Gasteiger partial charge is 0.366 e. The number of fused-ring (bicyclic) bond motifs is 2. The second kappa shape index (κ2) is 10.4. The molecule has 1 aliphatic rings. The summed E-state index contributed by atoms with van der Waals surface area (Å²) in [5.41, 5.74) is 8.44. The van der Waals surface area contributed by atoms with Gasteiger partial charge in [0.05, 0.1) is 16.8 Å². The molecule has 0 unspecified atom stereocenters. The number of pyridine rings is 1. The van der Waals surface area contributed by atoms with Crippen molar-refractivity contribution in [2.45, 2.75) is 39.4 Å². The van der Waals surface area contributed by atoms with Crippen LogP contribution in [-0.4, -0.2) is 42.7 Å². The lowest BCUT2D eigenvalue weighted by Crippen LogP contribution is -2.38. The van der Waals surface area contributed by atoms with Gasteiger partial charge in [-0.1, -0.05) is 6.92 Å². The second-order valence-corrected chi connectivity index (χ2v) is 10.6. The molecule has 0 saturated carbocycles. The minimum absolute atomic E-state index is 0.0789. The van der Waals surface area contributed by atoms with Gasteiger partial charge in [0.25, 0.3) is 11.8 Å². The van der Waals surface area contributed by atoms with Gasteiger partial charge in [-0.25, -0.2) is 4.98 Å². The lowest BCUT2D eigenvalue weighted by atomic mass is 9.87. The van der Waals surface area contributed by atoms with Crippen LogP contribution < -0.4 is 10.6 Å². The van der Waals surface area contributed by atoms with E-state index in [1.807, 2.05) is 24.5 Å². The molecule has 1 aliphatic heterocycles. The molecular formula is C31H28F3N7O2. The highest BCUT2D eigenvalue weighted by Gasteiger charge is 2.39. The first-order chi connectivity index (χ1) is 20.5. The third kappa shape index (κ3) is 4.92. The fourth-order valence-electron chi connectivity index (χ4n) is 5.81. The van der Waals surface area contributed by atoms with Crippen molar-refractivity contribution in [1.29, 1.82) is 0 Å². The molecule has 12 heteroatoms. The molecule has 5 aromatic rings. The minimum atomic E-state index is -4.68. The second-order valence-electron chi connectivity index (χ2n) is 10.6. The van der Waals surface area contributed by atoms with E-state index in [0.29, 0.717) is 58.2 Å². The Morgan fingerprint density at radius 3 is 2.49 bits per heavy atom. The van der Waals surface area contributed by atoms with Gasteiger partial charge in [-0.3, -0.25) is 19.3 Å². The van der Waals surface area contributed by atoms with E-state index >= 15 is 0 Å². The molecule has 0 saturated heterocycles. The van der Waals surface area contributed by atoms with Crippen molar-refractivity contribution in [2.24, 2.45) is 12.8 Å². The predicted octanol–water partition coefficient (Wildman–Crippen LogP) is 5.07. The summed E-state index contributed by atoms with van der Waals surface area (Å²) in [6.07, 6.45) is 2.53. The highest BCUT2D eigenvalue weighted by molar-refractivity contribution is 6.15. The molecule has 220 valence electrons. The van der Waals surface area contributed by atoms with Crippen LogP contribution in [0.2, 0.25) is 0 Å². The van der Waals surface area contributed by atoms with Crippen molar-refractivity contribution in [1.82, 2.24) is 24.3 Å². The van der Waals surface area contributed by atoms with E-state index in [0.717, 1.165) is 16.1 Å². The molecule has 0 bridgehead atoms. The molecule has 0 fully saturated rings. The average molecular weight is 588 g/mol. The molecular weight excluding hydrogens is 559 g/mol. The Morgan fingerprint density at radius 1 is 1.05 bits per heavy atom. The Balaban J connectivity index is 1.54. The van der Waals surface area contributed by atoms with Gasteiger partial charge < -0.3 is 15.2 Å². The Morgan fingerprint density at radius 2 is 1.81 bits per heavy atom. The summed E-state index contributed by atoms with van der Waals surface area (Å²) in [6, 6.07) is 8.76. The van der Waals surface area contributed by atoms with Crippen molar-refractivity contribution in [3.8, 4) is 11.1 Å². The number of hydrogen-bond donors (Lipinski definition) is 1. The molecule has 43 heavy (non-hydrogen) atoms. The van der Waals surface area contributed by atoms with Crippen molar-refractivity contribution < 1.29 is 22.8 Å². The Bertz CT molecular complexity index is 1920. The van der Waals surface area contributed by atoms with Gasteiger partial charge in [0.2, 0.25) is 0 Å². The van der Waals surface area contributed by atoms with E-state index in [2.05, 4.69) is 15.1 Å². The number of alkyl halides is 3. The number of rotatable bonds is 6.